The van der Waals surface area contributed by atoms with Gasteiger partial charge in [-0.2, -0.15) is 0 Å². The van der Waals surface area contributed by atoms with Crippen LogP contribution in [0.3, 0.4) is 0 Å². The molecule has 0 bridgehead atoms. The lowest BCUT2D eigenvalue weighted by Gasteiger charge is -2.19. The van der Waals surface area contributed by atoms with Crippen molar-refractivity contribution >= 4 is 23.2 Å². The largest absolute Gasteiger partial charge is 0.374 e. The topological polar surface area (TPSA) is 70.2 Å². The molecule has 1 unspecified atom stereocenters. The summed E-state index contributed by atoms with van der Waals surface area (Å²) < 4.78 is 13.9. The molecule has 2 rings (SSSR count). The first-order valence-corrected chi connectivity index (χ1v) is 7.15. The normalized spacial score (nSPS) is 14.9. The number of aryl methyl sites for hydroxylation is 1. The molecule has 2 amide bonds. The second kappa shape index (κ2) is 6.56. The molecule has 114 valence electrons. The number of anilines is 2. The molecule has 1 aliphatic heterocycles. The highest BCUT2D eigenvalue weighted by molar-refractivity contribution is 5.94. The SMILES string of the molecule is CCC(C)NC(=O)CNc1cc2c(cc1F)CCC(=O)N2. The van der Waals surface area contributed by atoms with Crippen molar-refractivity contribution in [3.05, 3.63) is 23.5 Å². The maximum atomic E-state index is 13.9. The fraction of sp³-hybridized carbons (Fsp3) is 0.467. The average Bonchev–Trinajstić information content (AvgIpc) is 2.45. The zero-order valence-corrected chi connectivity index (χ0v) is 12.3. The van der Waals surface area contributed by atoms with Crippen molar-refractivity contribution in [1.29, 1.82) is 0 Å². The Hall–Kier alpha value is -2.11. The van der Waals surface area contributed by atoms with Crippen LogP contribution in [0.4, 0.5) is 15.8 Å². The molecule has 0 fully saturated rings. The number of fused-ring (bicyclic) bond motifs is 1. The summed E-state index contributed by atoms with van der Waals surface area (Å²) in [6.07, 6.45) is 1.74. The van der Waals surface area contributed by atoms with Gasteiger partial charge in [0.25, 0.3) is 0 Å². The summed E-state index contributed by atoms with van der Waals surface area (Å²) >= 11 is 0. The highest BCUT2D eigenvalue weighted by Crippen LogP contribution is 2.28. The van der Waals surface area contributed by atoms with Crippen LogP contribution in [0.2, 0.25) is 0 Å². The second-order valence-electron chi connectivity index (χ2n) is 5.27. The van der Waals surface area contributed by atoms with Crippen LogP contribution in [0.1, 0.15) is 32.3 Å². The van der Waals surface area contributed by atoms with E-state index in [0.717, 1.165) is 12.0 Å². The molecule has 1 atom stereocenters. The summed E-state index contributed by atoms with van der Waals surface area (Å²) in [7, 11) is 0. The number of benzene rings is 1. The minimum atomic E-state index is -0.416. The van der Waals surface area contributed by atoms with Crippen molar-refractivity contribution in [2.24, 2.45) is 0 Å². The van der Waals surface area contributed by atoms with Gasteiger partial charge < -0.3 is 16.0 Å². The molecule has 0 radical (unpaired) electrons. The van der Waals surface area contributed by atoms with Gasteiger partial charge >= 0.3 is 0 Å². The molecule has 0 saturated heterocycles. The van der Waals surface area contributed by atoms with Gasteiger partial charge in [0.1, 0.15) is 5.82 Å². The predicted octanol–water partition coefficient (Wildman–Crippen LogP) is 2.04. The molecule has 0 saturated carbocycles. The molecule has 0 aliphatic carbocycles. The lowest BCUT2D eigenvalue weighted by Crippen LogP contribution is -2.36. The minimum Gasteiger partial charge on any atom is -0.374 e. The number of rotatable bonds is 5. The van der Waals surface area contributed by atoms with E-state index >= 15 is 0 Å². The standard InChI is InChI=1S/C15H20FN3O2/c1-3-9(2)18-15(21)8-17-13-7-12-10(6-11(13)16)4-5-14(20)19-12/h6-7,9,17H,3-5,8H2,1-2H3,(H,18,21)(H,19,20). The van der Waals surface area contributed by atoms with Crippen LogP contribution in [0.25, 0.3) is 0 Å². The Morgan fingerprint density at radius 1 is 1.43 bits per heavy atom. The number of carbonyl (C=O) groups excluding carboxylic acids is 2. The lowest BCUT2D eigenvalue weighted by atomic mass is 10.0. The highest BCUT2D eigenvalue weighted by atomic mass is 19.1. The summed E-state index contributed by atoms with van der Waals surface area (Å²) in [4.78, 5) is 23.0. The van der Waals surface area contributed by atoms with Crippen molar-refractivity contribution in [3.63, 3.8) is 0 Å². The van der Waals surface area contributed by atoms with Crippen molar-refractivity contribution in [1.82, 2.24) is 5.32 Å². The van der Waals surface area contributed by atoms with E-state index in [9.17, 15) is 14.0 Å². The number of hydrogen-bond acceptors (Lipinski definition) is 3. The van der Waals surface area contributed by atoms with Gasteiger partial charge in [0.15, 0.2) is 0 Å². The van der Waals surface area contributed by atoms with E-state index in [-0.39, 0.29) is 30.1 Å². The molecule has 1 aromatic carbocycles. The molecule has 1 heterocycles. The Labute approximate surface area is 123 Å². The maximum Gasteiger partial charge on any atom is 0.239 e. The number of hydrogen-bond donors (Lipinski definition) is 3. The van der Waals surface area contributed by atoms with E-state index in [1.807, 2.05) is 13.8 Å². The van der Waals surface area contributed by atoms with Crippen molar-refractivity contribution in [2.75, 3.05) is 17.2 Å². The first-order chi connectivity index (χ1) is 9.99. The third-order valence-corrected chi connectivity index (χ3v) is 3.55. The van der Waals surface area contributed by atoms with Gasteiger partial charge in [-0.05, 0) is 37.5 Å². The first kappa shape index (κ1) is 15.3. The predicted molar refractivity (Wildman–Crippen MR) is 79.7 cm³/mol. The van der Waals surface area contributed by atoms with Gasteiger partial charge in [-0.3, -0.25) is 9.59 Å². The summed E-state index contributed by atoms with van der Waals surface area (Å²) in [5, 5.41) is 8.27. The average molecular weight is 293 g/mol. The Morgan fingerprint density at radius 2 is 2.19 bits per heavy atom. The molecule has 1 aliphatic rings. The Balaban J connectivity index is 2.02. The van der Waals surface area contributed by atoms with Gasteiger partial charge in [-0.1, -0.05) is 6.92 Å². The summed E-state index contributed by atoms with van der Waals surface area (Å²) in [6, 6.07) is 3.04. The maximum absolute atomic E-state index is 13.9. The number of amides is 2. The van der Waals surface area contributed by atoms with Crippen LogP contribution in [0.15, 0.2) is 12.1 Å². The number of nitrogens with one attached hydrogen (secondary N) is 3. The van der Waals surface area contributed by atoms with Crippen LogP contribution in [0, 0.1) is 5.82 Å². The molecule has 5 nitrogen and oxygen atoms in total. The highest BCUT2D eigenvalue weighted by Gasteiger charge is 2.17. The fourth-order valence-electron chi connectivity index (χ4n) is 2.14. The molecule has 6 heteroatoms. The van der Waals surface area contributed by atoms with Crippen LogP contribution < -0.4 is 16.0 Å². The van der Waals surface area contributed by atoms with E-state index in [1.54, 1.807) is 0 Å². The molecule has 3 N–H and O–H groups in total. The molecular weight excluding hydrogens is 273 g/mol. The smallest absolute Gasteiger partial charge is 0.239 e. The van der Waals surface area contributed by atoms with Crippen molar-refractivity contribution in [3.8, 4) is 0 Å². The van der Waals surface area contributed by atoms with E-state index in [2.05, 4.69) is 16.0 Å². The van der Waals surface area contributed by atoms with Gasteiger partial charge in [-0.15, -0.1) is 0 Å². The van der Waals surface area contributed by atoms with E-state index in [4.69, 9.17) is 0 Å². The number of halogens is 1. The van der Waals surface area contributed by atoms with Crippen LogP contribution >= 0.6 is 0 Å². The second-order valence-corrected chi connectivity index (χ2v) is 5.27. The Kier molecular flexibility index (Phi) is 4.77. The zero-order valence-electron chi connectivity index (χ0n) is 12.3. The lowest BCUT2D eigenvalue weighted by molar-refractivity contribution is -0.120. The van der Waals surface area contributed by atoms with Gasteiger partial charge in [-0.25, -0.2) is 4.39 Å². The van der Waals surface area contributed by atoms with Crippen LogP contribution in [-0.4, -0.2) is 24.4 Å². The van der Waals surface area contributed by atoms with Crippen LogP contribution in [-0.2, 0) is 16.0 Å². The molecule has 21 heavy (non-hydrogen) atoms. The molecule has 0 aromatic heterocycles. The third kappa shape index (κ3) is 3.93. The van der Waals surface area contributed by atoms with E-state index < -0.39 is 5.82 Å². The molecule has 1 aromatic rings. The van der Waals surface area contributed by atoms with Gasteiger partial charge in [0, 0.05) is 18.2 Å². The zero-order chi connectivity index (χ0) is 15.4. The summed E-state index contributed by atoms with van der Waals surface area (Å²) in [5.74, 6) is -0.679. The fourth-order valence-corrected chi connectivity index (χ4v) is 2.14. The summed E-state index contributed by atoms with van der Waals surface area (Å²) in [5.41, 5.74) is 1.61. The third-order valence-electron chi connectivity index (χ3n) is 3.55. The monoisotopic (exact) mass is 293 g/mol. The van der Waals surface area contributed by atoms with E-state index in [0.29, 0.717) is 18.5 Å². The quantitative estimate of drug-likeness (QED) is 0.778. The number of carbonyl (C=O) groups is 2. The Morgan fingerprint density at radius 3 is 2.90 bits per heavy atom. The van der Waals surface area contributed by atoms with Crippen molar-refractivity contribution in [2.45, 2.75) is 39.2 Å². The van der Waals surface area contributed by atoms with Crippen LogP contribution in [0.5, 0.6) is 0 Å². The summed E-state index contributed by atoms with van der Waals surface area (Å²) in [6.45, 7) is 3.88. The Bertz CT molecular complexity index is 560. The molecular formula is C15H20FN3O2. The van der Waals surface area contributed by atoms with Gasteiger partial charge in [0.05, 0.1) is 12.2 Å². The van der Waals surface area contributed by atoms with Gasteiger partial charge in [0.2, 0.25) is 11.8 Å². The minimum absolute atomic E-state index is 0.00596. The molecule has 0 spiro atoms. The van der Waals surface area contributed by atoms with Crippen molar-refractivity contribution < 1.29 is 14.0 Å². The first-order valence-electron chi connectivity index (χ1n) is 7.15. The van der Waals surface area contributed by atoms with E-state index in [1.165, 1.54) is 12.1 Å².